The van der Waals surface area contributed by atoms with Crippen LogP contribution in [-0.2, 0) is 6.54 Å². The molecule has 3 heteroatoms. The lowest BCUT2D eigenvalue weighted by Crippen LogP contribution is -1.98. The SMILES string of the molecule is CCn1nc(-c2ccc(C)nc2)cc1C. The zero-order chi connectivity index (χ0) is 10.8. The Balaban J connectivity index is 2.41. The van der Waals surface area contributed by atoms with Gasteiger partial charge in [-0.3, -0.25) is 9.67 Å². The number of pyridine rings is 1. The summed E-state index contributed by atoms with van der Waals surface area (Å²) in [4.78, 5) is 4.27. The minimum atomic E-state index is 0.908. The molecule has 0 saturated carbocycles. The second kappa shape index (κ2) is 3.85. The lowest BCUT2D eigenvalue weighted by Gasteiger charge is -1.97. The van der Waals surface area contributed by atoms with Crippen molar-refractivity contribution in [3.8, 4) is 11.3 Å². The first-order valence-electron chi connectivity index (χ1n) is 5.18. The summed E-state index contributed by atoms with van der Waals surface area (Å²) in [6.45, 7) is 7.06. The third-order valence-corrected chi connectivity index (χ3v) is 2.49. The fourth-order valence-corrected chi connectivity index (χ4v) is 1.59. The van der Waals surface area contributed by atoms with Gasteiger partial charge in [0.1, 0.15) is 0 Å². The van der Waals surface area contributed by atoms with E-state index in [2.05, 4.69) is 36.1 Å². The summed E-state index contributed by atoms with van der Waals surface area (Å²) in [5.74, 6) is 0. The largest absolute Gasteiger partial charge is 0.270 e. The van der Waals surface area contributed by atoms with E-state index in [1.54, 1.807) is 0 Å². The van der Waals surface area contributed by atoms with E-state index in [4.69, 9.17) is 0 Å². The fraction of sp³-hybridized carbons (Fsp3) is 0.333. The van der Waals surface area contributed by atoms with Gasteiger partial charge in [0.2, 0.25) is 0 Å². The van der Waals surface area contributed by atoms with Crippen LogP contribution >= 0.6 is 0 Å². The standard InChI is InChI=1S/C12H15N3/c1-4-15-10(3)7-12(14-15)11-6-5-9(2)13-8-11/h5-8H,4H2,1-3H3. The second-order valence-electron chi connectivity index (χ2n) is 3.67. The number of rotatable bonds is 2. The lowest BCUT2D eigenvalue weighted by molar-refractivity contribution is 0.642. The first-order chi connectivity index (χ1) is 7.20. The zero-order valence-corrected chi connectivity index (χ0v) is 9.36. The summed E-state index contributed by atoms with van der Waals surface area (Å²) in [6, 6.07) is 6.16. The molecule has 3 nitrogen and oxygen atoms in total. The van der Waals surface area contributed by atoms with Crippen LogP contribution in [0.4, 0.5) is 0 Å². The van der Waals surface area contributed by atoms with Gasteiger partial charge in [-0.25, -0.2) is 0 Å². The zero-order valence-electron chi connectivity index (χ0n) is 9.36. The molecule has 2 aromatic rings. The number of aryl methyl sites for hydroxylation is 3. The van der Waals surface area contributed by atoms with Crippen molar-refractivity contribution in [3.05, 3.63) is 35.8 Å². The molecule has 0 fully saturated rings. The van der Waals surface area contributed by atoms with Crippen LogP contribution in [0, 0.1) is 13.8 Å². The van der Waals surface area contributed by atoms with E-state index >= 15 is 0 Å². The molecule has 0 saturated heterocycles. The average Bonchev–Trinajstić information content (AvgIpc) is 2.61. The summed E-state index contributed by atoms with van der Waals surface area (Å²) in [6.07, 6.45) is 1.87. The highest BCUT2D eigenvalue weighted by Gasteiger charge is 2.05. The monoisotopic (exact) mass is 201 g/mol. The highest BCUT2D eigenvalue weighted by Crippen LogP contribution is 2.17. The third-order valence-electron chi connectivity index (χ3n) is 2.49. The van der Waals surface area contributed by atoms with Crippen LogP contribution in [0.3, 0.4) is 0 Å². The Bertz CT molecular complexity index is 454. The normalized spacial score (nSPS) is 10.6. The van der Waals surface area contributed by atoms with Gasteiger partial charge < -0.3 is 0 Å². The van der Waals surface area contributed by atoms with Crippen LogP contribution in [0.5, 0.6) is 0 Å². The maximum absolute atomic E-state index is 4.50. The van der Waals surface area contributed by atoms with Crippen molar-refractivity contribution in [2.45, 2.75) is 27.3 Å². The number of hydrogen-bond acceptors (Lipinski definition) is 2. The molecule has 0 aliphatic heterocycles. The molecule has 0 amide bonds. The average molecular weight is 201 g/mol. The molecule has 2 heterocycles. The molecule has 0 aliphatic carbocycles. The Labute approximate surface area is 89.8 Å². The Morgan fingerprint density at radius 3 is 2.60 bits per heavy atom. The Kier molecular flexibility index (Phi) is 2.54. The number of nitrogens with zero attached hydrogens (tertiary/aromatic N) is 3. The predicted octanol–water partition coefficient (Wildman–Crippen LogP) is 2.58. The van der Waals surface area contributed by atoms with E-state index in [9.17, 15) is 0 Å². The van der Waals surface area contributed by atoms with Crippen LogP contribution in [0.2, 0.25) is 0 Å². The van der Waals surface area contributed by atoms with Crippen molar-refractivity contribution in [2.75, 3.05) is 0 Å². The van der Waals surface area contributed by atoms with Gasteiger partial charge >= 0.3 is 0 Å². The van der Waals surface area contributed by atoms with Crippen molar-refractivity contribution in [3.63, 3.8) is 0 Å². The molecular weight excluding hydrogens is 186 g/mol. The van der Waals surface area contributed by atoms with Gasteiger partial charge in [-0.1, -0.05) is 0 Å². The van der Waals surface area contributed by atoms with Crippen LogP contribution in [0.25, 0.3) is 11.3 Å². The summed E-state index contributed by atoms with van der Waals surface area (Å²) in [5, 5.41) is 4.50. The molecule has 78 valence electrons. The maximum atomic E-state index is 4.50. The van der Waals surface area contributed by atoms with Gasteiger partial charge in [0.05, 0.1) is 5.69 Å². The van der Waals surface area contributed by atoms with Gasteiger partial charge in [0.25, 0.3) is 0 Å². The van der Waals surface area contributed by atoms with Crippen LogP contribution in [0.15, 0.2) is 24.4 Å². The topological polar surface area (TPSA) is 30.7 Å². The molecule has 15 heavy (non-hydrogen) atoms. The molecule has 2 rings (SSSR count). The number of hydrogen-bond donors (Lipinski definition) is 0. The minimum absolute atomic E-state index is 0.908. The Morgan fingerprint density at radius 2 is 2.07 bits per heavy atom. The third kappa shape index (κ3) is 1.91. The van der Waals surface area contributed by atoms with E-state index in [0.29, 0.717) is 0 Å². The molecule has 0 aliphatic rings. The van der Waals surface area contributed by atoms with E-state index in [0.717, 1.165) is 23.5 Å². The minimum Gasteiger partial charge on any atom is -0.270 e. The van der Waals surface area contributed by atoms with Crippen molar-refractivity contribution >= 4 is 0 Å². The molecule has 0 spiro atoms. The van der Waals surface area contributed by atoms with Crippen LogP contribution < -0.4 is 0 Å². The van der Waals surface area contributed by atoms with Crippen LogP contribution in [0.1, 0.15) is 18.3 Å². The van der Waals surface area contributed by atoms with Gasteiger partial charge in [-0.2, -0.15) is 5.10 Å². The highest BCUT2D eigenvalue weighted by molar-refractivity contribution is 5.58. The van der Waals surface area contributed by atoms with E-state index in [1.165, 1.54) is 5.69 Å². The quantitative estimate of drug-likeness (QED) is 0.747. The smallest absolute Gasteiger partial charge is 0.0941 e. The summed E-state index contributed by atoms with van der Waals surface area (Å²) >= 11 is 0. The van der Waals surface area contributed by atoms with Gasteiger partial charge in [0.15, 0.2) is 0 Å². The first-order valence-corrected chi connectivity index (χ1v) is 5.18. The molecule has 0 unspecified atom stereocenters. The van der Waals surface area contributed by atoms with Crippen molar-refractivity contribution in [1.29, 1.82) is 0 Å². The second-order valence-corrected chi connectivity index (χ2v) is 3.67. The van der Waals surface area contributed by atoms with E-state index in [-0.39, 0.29) is 0 Å². The summed E-state index contributed by atoms with van der Waals surface area (Å²) in [7, 11) is 0. The van der Waals surface area contributed by atoms with E-state index in [1.807, 2.05) is 23.9 Å². The lowest BCUT2D eigenvalue weighted by atomic mass is 10.2. The van der Waals surface area contributed by atoms with Crippen molar-refractivity contribution < 1.29 is 0 Å². The molecule has 0 bridgehead atoms. The van der Waals surface area contributed by atoms with Gasteiger partial charge in [-0.05, 0) is 39.0 Å². The fourth-order valence-electron chi connectivity index (χ4n) is 1.59. The molecule has 0 aromatic carbocycles. The summed E-state index contributed by atoms with van der Waals surface area (Å²) < 4.78 is 2.00. The molecular formula is C12H15N3. The van der Waals surface area contributed by atoms with Gasteiger partial charge in [0, 0.05) is 29.7 Å². The van der Waals surface area contributed by atoms with Crippen molar-refractivity contribution in [1.82, 2.24) is 14.8 Å². The molecule has 0 radical (unpaired) electrons. The molecule has 2 aromatic heterocycles. The molecule has 0 atom stereocenters. The van der Waals surface area contributed by atoms with Crippen molar-refractivity contribution in [2.24, 2.45) is 0 Å². The summed E-state index contributed by atoms with van der Waals surface area (Å²) in [5.41, 5.74) is 4.30. The van der Waals surface area contributed by atoms with E-state index < -0.39 is 0 Å². The predicted molar refractivity (Wildman–Crippen MR) is 60.6 cm³/mol. The Morgan fingerprint density at radius 1 is 1.27 bits per heavy atom. The highest BCUT2D eigenvalue weighted by atomic mass is 15.3. The number of aromatic nitrogens is 3. The van der Waals surface area contributed by atoms with Crippen LogP contribution in [-0.4, -0.2) is 14.8 Å². The maximum Gasteiger partial charge on any atom is 0.0941 e. The van der Waals surface area contributed by atoms with Gasteiger partial charge in [-0.15, -0.1) is 0 Å². The molecule has 0 N–H and O–H groups in total. The first kappa shape index (κ1) is 9.90. The Hall–Kier alpha value is -1.64.